The van der Waals surface area contributed by atoms with Gasteiger partial charge in [-0.15, -0.1) is 0 Å². The Hall–Kier alpha value is -5.02. The van der Waals surface area contributed by atoms with Crippen LogP contribution in [0.4, 0.5) is 0 Å². The number of rotatable bonds is 7. The van der Waals surface area contributed by atoms with Crippen molar-refractivity contribution in [1.82, 2.24) is 9.97 Å². The molecular formula is C50H56N2O. The van der Waals surface area contributed by atoms with Gasteiger partial charge < -0.3 is 5.11 Å². The van der Waals surface area contributed by atoms with Crippen LogP contribution in [0.5, 0.6) is 5.75 Å². The number of benzene rings is 4. The fraction of sp³-hybridized carbons (Fsp3) is 0.320. The zero-order valence-corrected chi connectivity index (χ0v) is 33.2. The summed E-state index contributed by atoms with van der Waals surface area (Å²) < 4.78 is 34.8. The molecular weight excluding hydrogens is 645 g/mol. The van der Waals surface area contributed by atoms with Crippen LogP contribution >= 0.6 is 0 Å². The van der Waals surface area contributed by atoms with Crippen LogP contribution < -0.4 is 0 Å². The first kappa shape index (κ1) is 32.6. The third-order valence-corrected chi connectivity index (χ3v) is 10.3. The second kappa shape index (κ2) is 14.4. The Bertz CT molecular complexity index is 2430. The van der Waals surface area contributed by atoms with Crippen LogP contribution in [0.25, 0.3) is 44.9 Å². The van der Waals surface area contributed by atoms with E-state index in [0.717, 1.165) is 55.6 Å². The minimum atomic E-state index is -2.42. The molecule has 0 fully saturated rings. The summed E-state index contributed by atoms with van der Waals surface area (Å²) in [5, 5.41) is 11.9. The summed E-state index contributed by atoms with van der Waals surface area (Å²) in [5.41, 5.74) is 12.2. The van der Waals surface area contributed by atoms with Gasteiger partial charge in [0.25, 0.3) is 0 Å². The van der Waals surface area contributed by atoms with Crippen LogP contribution in [0.3, 0.4) is 0 Å². The SMILES string of the molecule is [2H]C([2H])([2H])c1cc(-c2cc(-c3cc(-c4c(C)cccc4C)cc(-c4cc(C(C)(C)C)cc(C(C)C)c4O)n3)cc(C(C)(C)C)c2)nc(C([2H])(C)c2ccccc2)c1. The molecule has 6 rings (SSSR count). The maximum absolute atomic E-state index is 11.9. The lowest BCUT2D eigenvalue weighted by atomic mass is 9.82. The number of nitrogens with zero attached hydrogens (tertiary/aromatic N) is 2. The highest BCUT2D eigenvalue weighted by atomic mass is 16.3. The number of phenols is 1. The number of hydrogen-bond donors (Lipinski definition) is 1. The molecule has 1 N–H and O–H groups in total. The van der Waals surface area contributed by atoms with Crippen molar-refractivity contribution in [3.63, 3.8) is 0 Å². The van der Waals surface area contributed by atoms with Crippen LogP contribution in [-0.4, -0.2) is 15.1 Å². The van der Waals surface area contributed by atoms with Gasteiger partial charge in [-0.05, 0) is 136 Å². The van der Waals surface area contributed by atoms with Crippen LogP contribution in [0, 0.1) is 20.7 Å². The summed E-state index contributed by atoms with van der Waals surface area (Å²) in [6.07, 6.45) is 0. The first-order valence-corrected chi connectivity index (χ1v) is 18.7. The largest absolute Gasteiger partial charge is 0.507 e. The molecule has 4 aromatic carbocycles. The average Bonchev–Trinajstić information content (AvgIpc) is 3.13. The lowest BCUT2D eigenvalue weighted by Gasteiger charge is -2.24. The van der Waals surface area contributed by atoms with E-state index in [1.807, 2.05) is 36.4 Å². The van der Waals surface area contributed by atoms with E-state index >= 15 is 0 Å². The maximum atomic E-state index is 11.9. The lowest BCUT2D eigenvalue weighted by molar-refractivity contribution is 0.465. The van der Waals surface area contributed by atoms with Crippen LogP contribution in [0.1, 0.15) is 124 Å². The van der Waals surface area contributed by atoms with E-state index in [1.54, 1.807) is 19.1 Å². The van der Waals surface area contributed by atoms with Gasteiger partial charge in [-0.1, -0.05) is 117 Å². The van der Waals surface area contributed by atoms with Crippen molar-refractivity contribution in [2.45, 2.75) is 106 Å². The predicted molar refractivity (Wildman–Crippen MR) is 225 cm³/mol. The number of phenolic OH excluding ortho intramolecular Hbond substituents is 1. The Kier molecular flexibility index (Phi) is 8.88. The molecule has 0 bridgehead atoms. The first-order valence-electron chi connectivity index (χ1n) is 20.7. The Morgan fingerprint density at radius 3 is 1.79 bits per heavy atom. The van der Waals surface area contributed by atoms with Crippen molar-refractivity contribution >= 4 is 0 Å². The molecule has 0 aliphatic carbocycles. The molecule has 272 valence electrons. The van der Waals surface area contributed by atoms with E-state index < -0.39 is 12.7 Å². The molecule has 0 amide bonds. The third-order valence-electron chi connectivity index (χ3n) is 10.3. The van der Waals surface area contributed by atoms with Crippen LogP contribution in [0.15, 0.2) is 103 Å². The fourth-order valence-electron chi connectivity index (χ4n) is 7.02. The predicted octanol–water partition coefficient (Wildman–Crippen LogP) is 13.6. The Morgan fingerprint density at radius 2 is 1.21 bits per heavy atom. The zero-order valence-electron chi connectivity index (χ0n) is 37.2. The number of hydrogen-bond acceptors (Lipinski definition) is 3. The van der Waals surface area contributed by atoms with E-state index in [2.05, 4.69) is 124 Å². The standard InChI is InChI=1S/C50H56N2O/c1-30(2)41-28-40(50(10,11)12)29-42(48(41)53)46-27-38(47-32(4)17-16-18-33(47)5)26-45(52-46)37-23-36(24-39(25-37)49(7,8)9)44-22-31(3)21-43(51-44)34(6)35-19-14-13-15-20-35/h13-30,34,53H,1-12H3/i3D3,34D. The van der Waals surface area contributed by atoms with Crippen molar-refractivity contribution in [2.75, 3.05) is 0 Å². The van der Waals surface area contributed by atoms with Crippen molar-refractivity contribution < 1.29 is 10.6 Å². The van der Waals surface area contributed by atoms with Gasteiger partial charge in [0.2, 0.25) is 0 Å². The van der Waals surface area contributed by atoms with Gasteiger partial charge in [-0.2, -0.15) is 0 Å². The van der Waals surface area contributed by atoms with Crippen molar-refractivity contribution in [2.24, 2.45) is 0 Å². The van der Waals surface area contributed by atoms with E-state index in [1.165, 1.54) is 0 Å². The molecule has 0 saturated carbocycles. The summed E-state index contributed by atoms with van der Waals surface area (Å²) in [6.45, 7) is 20.8. The molecule has 0 saturated heterocycles. The van der Waals surface area contributed by atoms with Gasteiger partial charge in [0.05, 0.1) is 17.1 Å². The Balaban J connectivity index is 1.67. The van der Waals surface area contributed by atoms with E-state index in [-0.39, 0.29) is 28.1 Å². The second-order valence-electron chi connectivity index (χ2n) is 16.9. The van der Waals surface area contributed by atoms with E-state index in [9.17, 15) is 6.48 Å². The molecule has 6 aromatic rings. The van der Waals surface area contributed by atoms with Crippen LogP contribution in [-0.2, 0) is 10.8 Å². The van der Waals surface area contributed by atoms with Crippen molar-refractivity contribution in [3.8, 4) is 50.6 Å². The summed E-state index contributed by atoms with van der Waals surface area (Å²) in [6, 6.07) is 33.6. The normalized spacial score (nSPS) is 14.6. The molecule has 2 heterocycles. The monoisotopic (exact) mass is 704 g/mol. The van der Waals surface area contributed by atoms with Gasteiger partial charge in [0.15, 0.2) is 0 Å². The summed E-state index contributed by atoms with van der Waals surface area (Å²) >= 11 is 0. The first-order chi connectivity index (χ1) is 26.4. The van der Waals surface area contributed by atoms with Gasteiger partial charge in [-0.25, -0.2) is 4.98 Å². The lowest BCUT2D eigenvalue weighted by Crippen LogP contribution is -2.12. The molecule has 1 atom stereocenters. The minimum Gasteiger partial charge on any atom is -0.507 e. The highest BCUT2D eigenvalue weighted by molar-refractivity contribution is 5.83. The molecule has 0 spiro atoms. The second-order valence-corrected chi connectivity index (χ2v) is 16.9. The minimum absolute atomic E-state index is 0.0915. The van der Waals surface area contributed by atoms with E-state index in [0.29, 0.717) is 28.3 Å². The summed E-state index contributed by atoms with van der Waals surface area (Å²) in [4.78, 5) is 10.4. The molecule has 0 aliphatic heterocycles. The molecule has 0 aliphatic rings. The molecule has 0 radical (unpaired) electrons. The van der Waals surface area contributed by atoms with Crippen molar-refractivity contribution in [1.29, 1.82) is 0 Å². The molecule has 2 aromatic heterocycles. The topological polar surface area (TPSA) is 46.0 Å². The van der Waals surface area contributed by atoms with Crippen LogP contribution in [0.2, 0.25) is 0 Å². The zero-order chi connectivity index (χ0) is 41.8. The molecule has 3 nitrogen and oxygen atoms in total. The van der Waals surface area contributed by atoms with E-state index in [4.69, 9.17) is 14.1 Å². The highest BCUT2D eigenvalue weighted by Crippen LogP contribution is 2.43. The smallest absolute Gasteiger partial charge is 0.128 e. The van der Waals surface area contributed by atoms with Gasteiger partial charge in [-0.3, -0.25) is 4.98 Å². The number of aryl methyl sites for hydroxylation is 3. The summed E-state index contributed by atoms with van der Waals surface area (Å²) in [5.74, 6) is -0.987. The Labute approximate surface area is 323 Å². The molecule has 3 heteroatoms. The van der Waals surface area contributed by atoms with Gasteiger partial charge in [0.1, 0.15) is 5.75 Å². The van der Waals surface area contributed by atoms with Crippen molar-refractivity contribution in [3.05, 3.63) is 148 Å². The Morgan fingerprint density at radius 1 is 0.623 bits per heavy atom. The average molecular weight is 705 g/mol. The third kappa shape index (κ3) is 8.00. The molecule has 53 heavy (non-hydrogen) atoms. The number of aromatic hydroxyl groups is 1. The quantitative estimate of drug-likeness (QED) is 0.180. The van der Waals surface area contributed by atoms with Gasteiger partial charge in [0, 0.05) is 33.8 Å². The highest BCUT2D eigenvalue weighted by Gasteiger charge is 2.24. The van der Waals surface area contributed by atoms with Gasteiger partial charge >= 0.3 is 0 Å². The fourth-order valence-corrected chi connectivity index (χ4v) is 7.02. The summed E-state index contributed by atoms with van der Waals surface area (Å²) in [7, 11) is 0. The number of pyridine rings is 2. The molecule has 1 unspecified atom stereocenters. The number of aromatic nitrogens is 2. The maximum Gasteiger partial charge on any atom is 0.128 e.